The molecule has 0 aliphatic carbocycles. The predicted octanol–water partition coefficient (Wildman–Crippen LogP) is 4.89. The van der Waals surface area contributed by atoms with E-state index in [1.807, 2.05) is 12.3 Å². The van der Waals surface area contributed by atoms with Crippen molar-refractivity contribution in [2.24, 2.45) is 0 Å². The highest BCUT2D eigenvalue weighted by atomic mass is 79.9. The van der Waals surface area contributed by atoms with Crippen LogP contribution in [0.5, 0.6) is 5.75 Å². The molecule has 2 nitrogen and oxygen atoms in total. The van der Waals surface area contributed by atoms with Gasteiger partial charge in [0, 0.05) is 15.8 Å². The molecule has 1 atom stereocenters. The standard InChI is InChI=1S/C15H16BrF2NOS/c1-3-6-19-15(12-7-9(20-2)8-21-12)13-11(17)5-4-10(16)14(13)18/h4-5,7-8,15,19H,3,6H2,1-2H3. The Morgan fingerprint density at radius 3 is 2.76 bits per heavy atom. The lowest BCUT2D eigenvalue weighted by molar-refractivity contribution is 0.416. The average molecular weight is 376 g/mol. The molecule has 21 heavy (non-hydrogen) atoms. The van der Waals surface area contributed by atoms with Gasteiger partial charge in [0.1, 0.15) is 17.4 Å². The van der Waals surface area contributed by atoms with E-state index in [4.69, 9.17) is 4.74 Å². The van der Waals surface area contributed by atoms with Crippen LogP contribution in [0.3, 0.4) is 0 Å². The highest BCUT2D eigenvalue weighted by Crippen LogP contribution is 2.35. The fourth-order valence-corrected chi connectivity index (χ4v) is 3.32. The number of rotatable bonds is 6. The molecule has 2 rings (SSSR count). The largest absolute Gasteiger partial charge is 0.496 e. The van der Waals surface area contributed by atoms with Crippen LogP contribution in [0.2, 0.25) is 0 Å². The van der Waals surface area contributed by atoms with Gasteiger partial charge in [0.15, 0.2) is 0 Å². The Hall–Kier alpha value is -0.980. The van der Waals surface area contributed by atoms with E-state index >= 15 is 0 Å². The monoisotopic (exact) mass is 375 g/mol. The van der Waals surface area contributed by atoms with E-state index in [-0.39, 0.29) is 10.0 Å². The van der Waals surface area contributed by atoms with Gasteiger partial charge < -0.3 is 10.1 Å². The van der Waals surface area contributed by atoms with Crippen molar-refractivity contribution in [3.8, 4) is 5.75 Å². The van der Waals surface area contributed by atoms with E-state index in [2.05, 4.69) is 21.2 Å². The number of methoxy groups -OCH3 is 1. The summed E-state index contributed by atoms with van der Waals surface area (Å²) in [6.45, 7) is 2.67. The molecule has 6 heteroatoms. The molecule has 0 aliphatic rings. The van der Waals surface area contributed by atoms with Gasteiger partial charge in [0.05, 0.1) is 17.6 Å². The molecule has 1 aromatic carbocycles. The minimum atomic E-state index is -0.573. The maximum atomic E-state index is 14.4. The first-order chi connectivity index (χ1) is 10.1. The third kappa shape index (κ3) is 3.62. The topological polar surface area (TPSA) is 21.3 Å². The molecular weight excluding hydrogens is 360 g/mol. The molecule has 0 amide bonds. The van der Waals surface area contributed by atoms with Crippen LogP contribution in [-0.2, 0) is 0 Å². The lowest BCUT2D eigenvalue weighted by Crippen LogP contribution is -2.24. The highest BCUT2D eigenvalue weighted by Gasteiger charge is 2.24. The average Bonchev–Trinajstić information content (AvgIpc) is 2.95. The van der Waals surface area contributed by atoms with Crippen molar-refractivity contribution < 1.29 is 13.5 Å². The van der Waals surface area contributed by atoms with E-state index in [1.165, 1.54) is 23.5 Å². The summed E-state index contributed by atoms with van der Waals surface area (Å²) in [5.41, 5.74) is 0.0299. The summed E-state index contributed by atoms with van der Waals surface area (Å²) in [5.74, 6) is -0.443. The molecule has 2 aromatic rings. The first kappa shape index (κ1) is 16.4. The van der Waals surface area contributed by atoms with Crippen LogP contribution >= 0.6 is 27.3 Å². The van der Waals surface area contributed by atoms with E-state index in [0.29, 0.717) is 12.3 Å². The van der Waals surface area contributed by atoms with Gasteiger partial charge in [-0.05, 0) is 47.1 Å². The molecule has 0 bridgehead atoms. The zero-order chi connectivity index (χ0) is 15.4. The molecule has 1 aromatic heterocycles. The van der Waals surface area contributed by atoms with Gasteiger partial charge in [-0.15, -0.1) is 11.3 Å². The Morgan fingerprint density at radius 1 is 1.38 bits per heavy atom. The van der Waals surface area contributed by atoms with Gasteiger partial charge >= 0.3 is 0 Å². The Kier molecular flexibility index (Phi) is 5.72. The fraction of sp³-hybridized carbons (Fsp3) is 0.333. The van der Waals surface area contributed by atoms with E-state index in [0.717, 1.165) is 11.3 Å². The summed E-state index contributed by atoms with van der Waals surface area (Å²) in [6, 6.07) is 3.92. The fourth-order valence-electron chi connectivity index (χ4n) is 2.03. The van der Waals surface area contributed by atoms with Crippen molar-refractivity contribution >= 4 is 27.3 Å². The first-order valence-corrected chi connectivity index (χ1v) is 8.25. The normalized spacial score (nSPS) is 12.4. The zero-order valence-corrected chi connectivity index (χ0v) is 14.2. The molecule has 0 radical (unpaired) electrons. The van der Waals surface area contributed by atoms with Crippen LogP contribution in [0.25, 0.3) is 0 Å². The van der Waals surface area contributed by atoms with Gasteiger partial charge in [0.2, 0.25) is 0 Å². The molecule has 1 unspecified atom stereocenters. The quantitative estimate of drug-likeness (QED) is 0.725. The number of nitrogens with one attached hydrogen (secondary N) is 1. The maximum Gasteiger partial charge on any atom is 0.145 e. The van der Waals surface area contributed by atoms with E-state index in [1.54, 1.807) is 13.2 Å². The number of halogens is 3. The predicted molar refractivity (Wildman–Crippen MR) is 85.1 cm³/mol. The van der Waals surface area contributed by atoms with Crippen LogP contribution in [0, 0.1) is 11.6 Å². The van der Waals surface area contributed by atoms with Crippen molar-refractivity contribution in [3.63, 3.8) is 0 Å². The summed E-state index contributed by atoms with van der Waals surface area (Å²) >= 11 is 4.53. The summed E-state index contributed by atoms with van der Waals surface area (Å²) in [4.78, 5) is 0.816. The molecule has 0 fully saturated rings. The molecule has 0 saturated heterocycles. The molecule has 114 valence electrons. The molecule has 1 heterocycles. The minimum absolute atomic E-state index is 0.0299. The highest BCUT2D eigenvalue weighted by molar-refractivity contribution is 9.10. The number of thiophene rings is 1. The Labute approximate surface area is 135 Å². The zero-order valence-electron chi connectivity index (χ0n) is 11.8. The van der Waals surface area contributed by atoms with Crippen molar-refractivity contribution in [3.05, 3.63) is 50.1 Å². The minimum Gasteiger partial charge on any atom is -0.496 e. The van der Waals surface area contributed by atoms with Gasteiger partial charge in [-0.25, -0.2) is 8.78 Å². The summed E-state index contributed by atoms with van der Waals surface area (Å²) in [7, 11) is 1.57. The number of hydrogen-bond acceptors (Lipinski definition) is 3. The number of ether oxygens (including phenoxy) is 1. The van der Waals surface area contributed by atoms with Gasteiger partial charge in [-0.3, -0.25) is 0 Å². The van der Waals surface area contributed by atoms with Crippen LogP contribution < -0.4 is 10.1 Å². The molecule has 1 N–H and O–H groups in total. The summed E-state index contributed by atoms with van der Waals surface area (Å²) < 4.78 is 33.9. The number of benzene rings is 1. The second-order valence-electron chi connectivity index (χ2n) is 4.53. The molecule has 0 saturated carbocycles. The number of hydrogen-bond donors (Lipinski definition) is 1. The van der Waals surface area contributed by atoms with E-state index in [9.17, 15) is 8.78 Å². The Morgan fingerprint density at radius 2 is 2.14 bits per heavy atom. The van der Waals surface area contributed by atoms with Crippen molar-refractivity contribution in [1.82, 2.24) is 5.32 Å². The Balaban J connectivity index is 2.47. The Bertz CT molecular complexity index is 618. The van der Waals surface area contributed by atoms with Crippen LogP contribution in [0.1, 0.15) is 29.8 Å². The second kappa shape index (κ2) is 7.33. The first-order valence-electron chi connectivity index (χ1n) is 6.57. The summed E-state index contributed by atoms with van der Waals surface area (Å²) in [5, 5.41) is 5.03. The third-order valence-corrected chi connectivity index (χ3v) is 4.67. The van der Waals surface area contributed by atoms with Gasteiger partial charge in [-0.1, -0.05) is 6.92 Å². The summed E-state index contributed by atoms with van der Waals surface area (Å²) in [6.07, 6.45) is 0.871. The van der Waals surface area contributed by atoms with Crippen molar-refractivity contribution in [2.75, 3.05) is 13.7 Å². The van der Waals surface area contributed by atoms with Gasteiger partial charge in [-0.2, -0.15) is 0 Å². The van der Waals surface area contributed by atoms with Crippen molar-refractivity contribution in [2.45, 2.75) is 19.4 Å². The van der Waals surface area contributed by atoms with Crippen LogP contribution in [0.15, 0.2) is 28.1 Å². The second-order valence-corrected chi connectivity index (χ2v) is 6.33. The molecular formula is C15H16BrF2NOS. The molecule has 0 spiro atoms. The van der Waals surface area contributed by atoms with Crippen LogP contribution in [-0.4, -0.2) is 13.7 Å². The smallest absolute Gasteiger partial charge is 0.145 e. The van der Waals surface area contributed by atoms with E-state index < -0.39 is 17.7 Å². The SMILES string of the molecule is CCCNC(c1cc(OC)cs1)c1c(F)ccc(Br)c1F. The molecule has 0 aliphatic heterocycles. The lowest BCUT2D eigenvalue weighted by atomic mass is 10.0. The van der Waals surface area contributed by atoms with Crippen molar-refractivity contribution in [1.29, 1.82) is 0 Å². The van der Waals surface area contributed by atoms with Crippen LogP contribution in [0.4, 0.5) is 8.78 Å². The van der Waals surface area contributed by atoms with Gasteiger partial charge in [0.25, 0.3) is 0 Å². The third-order valence-electron chi connectivity index (χ3n) is 3.08. The lowest BCUT2D eigenvalue weighted by Gasteiger charge is -2.19. The maximum absolute atomic E-state index is 14.4.